The van der Waals surface area contributed by atoms with Gasteiger partial charge in [0.05, 0.1) is 0 Å². The standard InChI is InChI=1S/C19H26N2/c1-6-20-19(17-8-7-16(5)21-12-17)11-18-14(3)9-13(2)10-15(18)4/h7-10,12,19-20H,6,11H2,1-5H3. The van der Waals surface area contributed by atoms with Gasteiger partial charge in [-0.05, 0) is 69.0 Å². The second-order valence-electron chi connectivity index (χ2n) is 5.92. The maximum Gasteiger partial charge on any atom is 0.0376 e. The van der Waals surface area contributed by atoms with Crippen LogP contribution in [0.3, 0.4) is 0 Å². The summed E-state index contributed by atoms with van der Waals surface area (Å²) in [6, 6.07) is 9.16. The molecule has 0 fully saturated rings. The Kier molecular flexibility index (Phi) is 5.13. The molecule has 112 valence electrons. The highest BCUT2D eigenvalue weighted by atomic mass is 14.9. The highest BCUT2D eigenvalue weighted by Crippen LogP contribution is 2.24. The quantitative estimate of drug-likeness (QED) is 0.888. The van der Waals surface area contributed by atoms with Gasteiger partial charge < -0.3 is 5.32 Å². The largest absolute Gasteiger partial charge is 0.310 e. The van der Waals surface area contributed by atoms with Crippen molar-refractivity contribution in [3.63, 3.8) is 0 Å². The number of hydrogen-bond acceptors (Lipinski definition) is 2. The SMILES string of the molecule is CCNC(Cc1c(C)cc(C)cc1C)c1ccc(C)nc1. The number of pyridine rings is 1. The van der Waals surface area contributed by atoms with Crippen LogP contribution in [0.4, 0.5) is 0 Å². The van der Waals surface area contributed by atoms with Crippen LogP contribution in [0.2, 0.25) is 0 Å². The Hall–Kier alpha value is -1.67. The third-order valence-corrected chi connectivity index (χ3v) is 4.04. The van der Waals surface area contributed by atoms with Gasteiger partial charge in [-0.15, -0.1) is 0 Å². The van der Waals surface area contributed by atoms with Crippen LogP contribution in [0.15, 0.2) is 30.5 Å². The van der Waals surface area contributed by atoms with Gasteiger partial charge in [0, 0.05) is 17.9 Å². The molecule has 1 aromatic carbocycles. The summed E-state index contributed by atoms with van der Waals surface area (Å²) < 4.78 is 0. The van der Waals surface area contributed by atoms with Crippen LogP contribution in [0.5, 0.6) is 0 Å². The van der Waals surface area contributed by atoms with Gasteiger partial charge in [0.2, 0.25) is 0 Å². The van der Waals surface area contributed by atoms with Crippen LogP contribution in [-0.2, 0) is 6.42 Å². The summed E-state index contributed by atoms with van der Waals surface area (Å²) in [6.07, 6.45) is 3.01. The minimum absolute atomic E-state index is 0.322. The van der Waals surface area contributed by atoms with Crippen LogP contribution in [-0.4, -0.2) is 11.5 Å². The first-order chi connectivity index (χ1) is 10.0. The van der Waals surface area contributed by atoms with Gasteiger partial charge in [0.25, 0.3) is 0 Å². The zero-order valence-corrected chi connectivity index (χ0v) is 13.8. The number of hydrogen-bond donors (Lipinski definition) is 1. The molecule has 2 heteroatoms. The number of benzene rings is 1. The molecule has 2 aromatic rings. The Balaban J connectivity index is 2.30. The zero-order valence-electron chi connectivity index (χ0n) is 13.8. The van der Waals surface area contributed by atoms with E-state index in [2.05, 4.69) is 62.3 Å². The molecule has 1 heterocycles. The molecule has 1 aromatic heterocycles. The molecule has 0 radical (unpaired) electrons. The second kappa shape index (κ2) is 6.86. The fraction of sp³-hybridized carbons (Fsp3) is 0.421. The van der Waals surface area contributed by atoms with Crippen molar-refractivity contribution in [1.82, 2.24) is 10.3 Å². The minimum Gasteiger partial charge on any atom is -0.310 e. The molecule has 0 bridgehead atoms. The van der Waals surface area contributed by atoms with Gasteiger partial charge in [-0.3, -0.25) is 4.98 Å². The molecule has 2 nitrogen and oxygen atoms in total. The molecule has 1 unspecified atom stereocenters. The summed E-state index contributed by atoms with van der Waals surface area (Å²) in [5.74, 6) is 0. The number of aryl methyl sites for hydroxylation is 4. The molecule has 2 rings (SSSR count). The average Bonchev–Trinajstić information content (AvgIpc) is 2.42. The van der Waals surface area contributed by atoms with E-state index in [1.54, 1.807) is 0 Å². The lowest BCUT2D eigenvalue weighted by Gasteiger charge is -2.21. The van der Waals surface area contributed by atoms with Crippen molar-refractivity contribution in [3.8, 4) is 0 Å². The Labute approximate surface area is 128 Å². The van der Waals surface area contributed by atoms with Gasteiger partial charge in [-0.2, -0.15) is 0 Å². The van der Waals surface area contributed by atoms with Gasteiger partial charge in [0.1, 0.15) is 0 Å². The normalized spacial score (nSPS) is 12.4. The zero-order chi connectivity index (χ0) is 15.4. The molecule has 1 atom stereocenters. The molecule has 21 heavy (non-hydrogen) atoms. The minimum atomic E-state index is 0.322. The lowest BCUT2D eigenvalue weighted by molar-refractivity contribution is 0.546. The van der Waals surface area contributed by atoms with Crippen molar-refractivity contribution in [2.75, 3.05) is 6.54 Å². The summed E-state index contributed by atoms with van der Waals surface area (Å²) in [5, 5.41) is 3.60. The van der Waals surface area contributed by atoms with E-state index in [9.17, 15) is 0 Å². The topological polar surface area (TPSA) is 24.9 Å². The van der Waals surface area contributed by atoms with Crippen molar-refractivity contribution < 1.29 is 0 Å². The number of likely N-dealkylation sites (N-methyl/N-ethyl adjacent to an activating group) is 1. The maximum atomic E-state index is 4.44. The molecule has 0 aliphatic carbocycles. The third-order valence-electron chi connectivity index (χ3n) is 4.04. The van der Waals surface area contributed by atoms with Gasteiger partial charge in [-0.25, -0.2) is 0 Å². The van der Waals surface area contributed by atoms with Gasteiger partial charge in [-0.1, -0.05) is 30.7 Å². The molecular formula is C19H26N2. The first-order valence-corrected chi connectivity index (χ1v) is 7.74. The Morgan fingerprint density at radius 1 is 1.05 bits per heavy atom. The van der Waals surface area contributed by atoms with Crippen LogP contribution in [0.1, 0.15) is 46.5 Å². The highest BCUT2D eigenvalue weighted by Gasteiger charge is 2.14. The second-order valence-corrected chi connectivity index (χ2v) is 5.92. The van der Waals surface area contributed by atoms with Crippen molar-refractivity contribution in [1.29, 1.82) is 0 Å². The van der Waals surface area contributed by atoms with Crippen LogP contribution >= 0.6 is 0 Å². The van der Waals surface area contributed by atoms with E-state index >= 15 is 0 Å². The van der Waals surface area contributed by atoms with Crippen molar-refractivity contribution in [2.45, 2.75) is 47.1 Å². The van der Waals surface area contributed by atoms with E-state index in [4.69, 9.17) is 0 Å². The number of nitrogens with one attached hydrogen (secondary N) is 1. The molecule has 0 spiro atoms. The predicted molar refractivity (Wildman–Crippen MR) is 89.7 cm³/mol. The highest BCUT2D eigenvalue weighted by molar-refractivity contribution is 5.38. The average molecular weight is 282 g/mol. The van der Waals surface area contributed by atoms with Crippen molar-refractivity contribution in [2.24, 2.45) is 0 Å². The first-order valence-electron chi connectivity index (χ1n) is 7.74. The molecule has 0 saturated carbocycles. The molecule has 0 aliphatic heterocycles. The first kappa shape index (κ1) is 15.7. The lowest BCUT2D eigenvalue weighted by atomic mass is 9.92. The van der Waals surface area contributed by atoms with E-state index in [1.165, 1.54) is 27.8 Å². The third kappa shape index (κ3) is 3.92. The van der Waals surface area contributed by atoms with Crippen LogP contribution in [0, 0.1) is 27.7 Å². The Morgan fingerprint density at radius 3 is 2.24 bits per heavy atom. The van der Waals surface area contributed by atoms with Crippen molar-refractivity contribution in [3.05, 3.63) is 64.0 Å². The summed E-state index contributed by atoms with van der Waals surface area (Å²) in [7, 11) is 0. The Morgan fingerprint density at radius 2 is 1.71 bits per heavy atom. The smallest absolute Gasteiger partial charge is 0.0376 e. The summed E-state index contributed by atoms with van der Waals surface area (Å²) in [6.45, 7) is 11.7. The number of nitrogens with zero attached hydrogens (tertiary/aromatic N) is 1. The number of rotatable bonds is 5. The van der Waals surface area contributed by atoms with E-state index in [-0.39, 0.29) is 0 Å². The molecule has 0 amide bonds. The summed E-state index contributed by atoms with van der Waals surface area (Å²) in [5.41, 5.74) is 7.89. The van der Waals surface area contributed by atoms with E-state index in [0.29, 0.717) is 6.04 Å². The predicted octanol–water partition coefficient (Wildman–Crippen LogP) is 4.21. The summed E-state index contributed by atoms with van der Waals surface area (Å²) in [4.78, 5) is 4.44. The number of aromatic nitrogens is 1. The Bertz CT molecular complexity index is 576. The van der Waals surface area contributed by atoms with E-state index in [1.807, 2.05) is 13.1 Å². The molecule has 0 aliphatic rings. The van der Waals surface area contributed by atoms with Crippen LogP contribution < -0.4 is 5.32 Å². The molecule has 1 N–H and O–H groups in total. The fourth-order valence-corrected chi connectivity index (χ4v) is 2.98. The lowest BCUT2D eigenvalue weighted by Crippen LogP contribution is -2.23. The fourth-order valence-electron chi connectivity index (χ4n) is 2.98. The molecule has 0 saturated heterocycles. The van der Waals surface area contributed by atoms with E-state index in [0.717, 1.165) is 18.7 Å². The van der Waals surface area contributed by atoms with Gasteiger partial charge >= 0.3 is 0 Å². The van der Waals surface area contributed by atoms with Crippen LogP contribution in [0.25, 0.3) is 0 Å². The summed E-state index contributed by atoms with van der Waals surface area (Å²) >= 11 is 0. The van der Waals surface area contributed by atoms with E-state index < -0.39 is 0 Å². The molecular weight excluding hydrogens is 256 g/mol. The monoisotopic (exact) mass is 282 g/mol. The van der Waals surface area contributed by atoms with Crippen molar-refractivity contribution >= 4 is 0 Å². The maximum absolute atomic E-state index is 4.44. The van der Waals surface area contributed by atoms with Gasteiger partial charge in [0.15, 0.2) is 0 Å².